The van der Waals surface area contributed by atoms with Gasteiger partial charge in [-0.2, -0.15) is 0 Å². The van der Waals surface area contributed by atoms with E-state index >= 15 is 0 Å². The first-order valence-electron chi connectivity index (χ1n) is 44.7. The molecule has 0 aromatic heterocycles. The van der Waals surface area contributed by atoms with E-state index in [-0.39, 0.29) is 123 Å². The van der Waals surface area contributed by atoms with E-state index in [4.69, 9.17) is 15.4 Å². The summed E-state index contributed by atoms with van der Waals surface area (Å²) in [6.45, 7) is 26.2. The van der Waals surface area contributed by atoms with Crippen LogP contribution in [0.3, 0.4) is 0 Å². The molecule has 9 amide bonds. The molecule has 0 radical (unpaired) electrons. The van der Waals surface area contributed by atoms with Gasteiger partial charge in [-0.25, -0.2) is 55.7 Å². The van der Waals surface area contributed by atoms with Gasteiger partial charge in [-0.3, -0.25) is 59.4 Å². The van der Waals surface area contributed by atoms with Crippen molar-refractivity contribution >= 4 is 83.2 Å². The molecular formula is C95H137N15O18S3. The molecule has 7 rings (SSSR count). The number of primary sulfonamides is 3. The second kappa shape index (κ2) is 55.6. The number of carbonyl (C=O) groups is 9. The van der Waals surface area contributed by atoms with Crippen molar-refractivity contribution in [2.45, 2.75) is 211 Å². The number of hydrogen-bond donors (Lipinski definition) is 12. The maximum atomic E-state index is 13.8. The van der Waals surface area contributed by atoms with E-state index in [0.29, 0.717) is 90.9 Å². The summed E-state index contributed by atoms with van der Waals surface area (Å²) in [5.41, 5.74) is 11.6. The number of hydrogen-bond acceptors (Lipinski definition) is 21. The van der Waals surface area contributed by atoms with Crippen LogP contribution in [0.2, 0.25) is 0 Å². The Labute approximate surface area is 773 Å². The number of nitrogens with zero attached hydrogens (tertiary/aromatic N) is 6. The largest absolute Gasteiger partial charge is 0.390 e. The lowest BCUT2D eigenvalue weighted by Gasteiger charge is -2.30. The second-order valence-electron chi connectivity index (χ2n) is 32.9. The van der Waals surface area contributed by atoms with Crippen molar-refractivity contribution in [1.29, 1.82) is 0 Å². The summed E-state index contributed by atoms with van der Waals surface area (Å²) in [4.78, 5) is 122. The second-order valence-corrected chi connectivity index (χ2v) is 37.6. The number of benzene rings is 7. The highest BCUT2D eigenvalue weighted by Crippen LogP contribution is 2.24. The predicted molar refractivity (Wildman–Crippen MR) is 506 cm³/mol. The zero-order chi connectivity index (χ0) is 97.3. The van der Waals surface area contributed by atoms with Crippen LogP contribution >= 0.6 is 0 Å². The molecule has 0 saturated carbocycles. The first-order valence-corrected chi connectivity index (χ1v) is 49.3. The molecule has 0 spiro atoms. The van der Waals surface area contributed by atoms with Crippen molar-refractivity contribution in [2.75, 3.05) is 79.0 Å². The minimum atomic E-state index is -4.26. The van der Waals surface area contributed by atoms with Gasteiger partial charge in [0.1, 0.15) is 0 Å². The van der Waals surface area contributed by atoms with Crippen LogP contribution in [-0.4, -0.2) is 239 Å². The number of sulfonamides is 3. The van der Waals surface area contributed by atoms with Gasteiger partial charge in [0.15, 0.2) is 0 Å². The lowest BCUT2D eigenvalue weighted by atomic mass is 10.00. The molecule has 33 nitrogen and oxygen atoms in total. The molecule has 36 heteroatoms. The predicted octanol–water partition coefficient (Wildman–Crippen LogP) is 7.90. The van der Waals surface area contributed by atoms with Crippen molar-refractivity contribution < 1.29 is 83.7 Å². The van der Waals surface area contributed by atoms with Gasteiger partial charge >= 0.3 is 0 Å². The lowest BCUT2D eigenvalue weighted by molar-refractivity contribution is -0.130. The van der Waals surface area contributed by atoms with Gasteiger partial charge in [-0.05, 0) is 141 Å². The van der Waals surface area contributed by atoms with Gasteiger partial charge in [0, 0.05) is 124 Å². The van der Waals surface area contributed by atoms with Gasteiger partial charge < -0.3 is 46.0 Å². The highest BCUT2D eigenvalue weighted by Gasteiger charge is 2.33. The standard InChI is InChI=1S/C36H49N5O6S.C30H45N5O6S.C29H43N5O6S/c1-4-7-20-41(39-34(43)22-28-16-12-9-13-17-28)26-33(42)32(21-27-14-10-8-11-15-27)38-35(44)29-23-30(25-31(24-29)48(37,46)47)36(45)40(18-5-2)19-6-3;1-6-14-34(15-7-2)30(39)24-17-23(18-25(19-24)42(31,40)41)29(38)32-26(16-22-12-10-9-11-13-22)27(36)20-35(8-3)33-28(37)21(4)5;1-6-13-34(14-7-2)29(38)23-16-22(17-24(18-23)41(30,39)40)28(37)31-25(15-21-11-9-8-10-12-21)26(35)19-33(5)32-27(36)20(3)4/h8-17,23-25,32-33,42H,4-7,18-22,26H2,1-3H3,(H,38,44)(H,39,43)(H2,37,46,47);9-13,17-19,21,26-27,36H,6-8,14-16,20H2,1-5H3,(H,32,38)(H,33,37)(H2,31,40,41);8-12,16-18,20,25-26,35H,6-7,13-15,19H2,1-5H3,(H,31,37)(H,32,36)(H2,30,39,40). The number of aliphatic hydroxyl groups is 3. The number of rotatable bonds is 50. The highest BCUT2D eigenvalue weighted by molar-refractivity contribution is 7.89. The minimum Gasteiger partial charge on any atom is -0.390 e. The molecule has 0 fully saturated rings. The van der Waals surface area contributed by atoms with Crippen molar-refractivity contribution in [3.05, 3.63) is 232 Å². The molecule has 0 bridgehead atoms. The number of unbranched alkanes of at least 4 members (excludes halogenated alkanes) is 1. The van der Waals surface area contributed by atoms with E-state index in [1.165, 1.54) is 41.4 Å². The van der Waals surface area contributed by atoms with Crippen LogP contribution in [-0.2, 0) is 70.1 Å². The SMILES string of the molecule is CCCCN(CC(O)C(Cc1ccccc1)NC(=O)c1cc(C(=O)N(CCC)CCC)cc(S(N)(=O)=O)c1)NC(=O)Cc1ccccc1.CCCN(CCC)C(=O)c1cc(C(=O)NC(Cc2ccccc2)C(O)CN(C)NC(=O)C(C)C)cc(S(N)(=O)=O)c1.CCCN(CCC)C(=O)c1cc(C(=O)NC(Cc2ccccc2)C(O)CN(CC)NC(=O)C(C)C)cc(S(N)(=O)=O)c1. The Kier molecular flexibility index (Phi) is 47.0. The summed E-state index contributed by atoms with van der Waals surface area (Å²) in [5, 5.41) is 63.4. The van der Waals surface area contributed by atoms with E-state index in [1.807, 2.05) is 177 Å². The third kappa shape index (κ3) is 38.2. The Morgan fingerprint density at radius 3 is 0.893 bits per heavy atom. The number of nitrogens with two attached hydrogens (primary N) is 3. The molecule has 0 aliphatic heterocycles. The molecule has 6 unspecified atom stereocenters. The van der Waals surface area contributed by atoms with Crippen LogP contribution in [0.5, 0.6) is 0 Å². The maximum absolute atomic E-state index is 13.8. The fourth-order valence-corrected chi connectivity index (χ4v) is 15.7. The van der Waals surface area contributed by atoms with E-state index in [0.717, 1.165) is 53.3 Å². The Bertz CT molecular complexity index is 5170. The highest BCUT2D eigenvalue weighted by atomic mass is 32.2. The quantitative estimate of drug-likeness (QED) is 0.0161. The average molecular weight is 1870 g/mol. The molecule has 718 valence electrons. The lowest BCUT2D eigenvalue weighted by Crippen LogP contribution is -2.53. The number of amides is 9. The first kappa shape index (κ1) is 111. The third-order valence-electron chi connectivity index (χ3n) is 20.8. The number of hydrazine groups is 3. The van der Waals surface area contributed by atoms with Crippen LogP contribution in [0, 0.1) is 11.8 Å². The van der Waals surface area contributed by atoms with E-state index in [9.17, 15) is 83.7 Å². The molecule has 0 saturated heterocycles. The molecule has 6 atom stereocenters. The molecule has 0 aliphatic carbocycles. The Hall–Kier alpha value is -10.7. The zero-order valence-electron chi connectivity index (χ0n) is 77.7. The van der Waals surface area contributed by atoms with Crippen molar-refractivity contribution in [3.8, 4) is 0 Å². The summed E-state index contributed by atoms with van der Waals surface area (Å²) >= 11 is 0. The Balaban J connectivity index is 0.000000349. The van der Waals surface area contributed by atoms with Gasteiger partial charge in [-0.1, -0.05) is 211 Å². The van der Waals surface area contributed by atoms with Crippen LogP contribution in [0.15, 0.2) is 191 Å². The number of nitrogens with one attached hydrogen (secondary N) is 6. The molecule has 0 heterocycles. The normalized spacial score (nSPS) is 12.9. The maximum Gasteiger partial charge on any atom is 0.253 e. The zero-order valence-corrected chi connectivity index (χ0v) is 80.2. The van der Waals surface area contributed by atoms with Crippen molar-refractivity contribution in [1.82, 2.24) is 62.0 Å². The number of likely N-dealkylation sites (N-methyl/N-ethyl adjacent to an activating group) is 2. The molecule has 0 aliphatic rings. The summed E-state index contributed by atoms with van der Waals surface area (Å²) in [7, 11) is -11.1. The van der Waals surface area contributed by atoms with E-state index in [1.54, 1.807) is 59.5 Å². The summed E-state index contributed by atoms with van der Waals surface area (Å²) in [6.07, 6.45) is 3.40. The minimum absolute atomic E-state index is 0.000189. The van der Waals surface area contributed by atoms with Crippen molar-refractivity contribution in [2.24, 2.45) is 27.3 Å². The average Bonchev–Trinajstić information content (AvgIpc) is 0.808. The molecule has 7 aromatic rings. The van der Waals surface area contributed by atoms with Gasteiger partial charge in [0.2, 0.25) is 47.8 Å². The fourth-order valence-electron chi connectivity index (χ4n) is 13.9. The van der Waals surface area contributed by atoms with E-state index < -0.39 is 102 Å². The topological polar surface area (TPSA) is 486 Å². The Morgan fingerprint density at radius 1 is 0.344 bits per heavy atom. The van der Waals surface area contributed by atoms with Crippen LogP contribution in [0.4, 0.5) is 0 Å². The third-order valence-corrected chi connectivity index (χ3v) is 23.5. The van der Waals surface area contributed by atoms with Gasteiger partial charge in [0.25, 0.3) is 35.4 Å². The summed E-state index contributed by atoms with van der Waals surface area (Å²) in [6, 6.07) is 45.6. The smallest absolute Gasteiger partial charge is 0.253 e. The molecule has 7 aromatic carbocycles. The van der Waals surface area contributed by atoms with E-state index in [2.05, 4.69) is 32.2 Å². The van der Waals surface area contributed by atoms with Crippen LogP contribution in [0.1, 0.15) is 219 Å². The van der Waals surface area contributed by atoms with Gasteiger partial charge in [-0.15, -0.1) is 0 Å². The Morgan fingerprint density at radius 2 is 0.618 bits per heavy atom. The number of carbonyl (C=O) groups excluding carboxylic acids is 9. The van der Waals surface area contributed by atoms with Crippen LogP contribution < -0.4 is 47.6 Å². The number of aliphatic hydroxyl groups excluding tert-OH is 3. The monoisotopic (exact) mass is 1870 g/mol. The van der Waals surface area contributed by atoms with Gasteiger partial charge in [0.05, 0.1) is 57.5 Å². The van der Waals surface area contributed by atoms with Crippen molar-refractivity contribution in [3.63, 3.8) is 0 Å². The molecule has 15 N–H and O–H groups in total. The molecular weight excluding hydrogens is 1740 g/mol. The fraction of sp³-hybridized carbons (Fsp3) is 0.463. The molecule has 131 heavy (non-hydrogen) atoms. The van der Waals surface area contributed by atoms with Crippen LogP contribution in [0.25, 0.3) is 0 Å². The summed E-state index contributed by atoms with van der Waals surface area (Å²) < 4.78 is 74.0. The first-order chi connectivity index (χ1) is 62.0. The summed E-state index contributed by atoms with van der Waals surface area (Å²) in [5.74, 6) is -4.44.